The molecule has 0 spiro atoms. The van der Waals surface area contributed by atoms with E-state index < -0.39 is 5.60 Å². The van der Waals surface area contributed by atoms with Crippen LogP contribution in [-0.4, -0.2) is 34.7 Å². The van der Waals surface area contributed by atoms with Crippen LogP contribution in [0.2, 0.25) is 0 Å². The molecule has 5 unspecified atom stereocenters. The Labute approximate surface area is 147 Å². The quantitative estimate of drug-likeness (QED) is 0.898. The third kappa shape index (κ3) is 2.08. The molecule has 4 aliphatic rings. The van der Waals surface area contributed by atoms with Crippen LogP contribution >= 0.6 is 0 Å². The monoisotopic (exact) mass is 327 g/mol. The maximum absolute atomic E-state index is 11.2. The summed E-state index contributed by atoms with van der Waals surface area (Å²) < 4.78 is 0. The fraction of sp³-hybridized carbons (Fsp3) is 0.727. The summed E-state index contributed by atoms with van der Waals surface area (Å²) in [5, 5.41) is 11.2. The van der Waals surface area contributed by atoms with E-state index in [1.54, 1.807) is 11.1 Å². The molecule has 2 nitrogen and oxygen atoms in total. The number of benzene rings is 1. The van der Waals surface area contributed by atoms with Crippen LogP contribution in [0, 0.1) is 11.8 Å². The summed E-state index contributed by atoms with van der Waals surface area (Å²) in [7, 11) is 2.32. The summed E-state index contributed by atoms with van der Waals surface area (Å²) in [5.41, 5.74) is 3.02. The molecule has 3 fully saturated rings. The summed E-state index contributed by atoms with van der Waals surface area (Å²) in [4.78, 5) is 2.65. The van der Waals surface area contributed by atoms with Gasteiger partial charge < -0.3 is 5.11 Å². The van der Waals surface area contributed by atoms with Gasteiger partial charge in [-0.1, -0.05) is 44.5 Å². The highest BCUT2D eigenvalue weighted by atomic mass is 16.3. The summed E-state index contributed by atoms with van der Waals surface area (Å²) in [5.74, 6) is 1.12. The largest absolute Gasteiger partial charge is 0.390 e. The van der Waals surface area contributed by atoms with Gasteiger partial charge in [0.2, 0.25) is 0 Å². The molecule has 132 valence electrons. The van der Waals surface area contributed by atoms with Crippen molar-refractivity contribution in [1.82, 2.24) is 4.90 Å². The lowest BCUT2D eigenvalue weighted by molar-refractivity contribution is -0.155. The minimum atomic E-state index is -0.518. The van der Waals surface area contributed by atoms with Crippen molar-refractivity contribution < 1.29 is 5.11 Å². The van der Waals surface area contributed by atoms with Gasteiger partial charge in [0.05, 0.1) is 5.60 Å². The molecule has 0 aromatic heterocycles. The second-order valence-electron chi connectivity index (χ2n) is 8.93. The number of nitrogens with zero attached hydrogens (tertiary/aromatic N) is 1. The Morgan fingerprint density at radius 3 is 2.71 bits per heavy atom. The molecule has 2 aliphatic heterocycles. The number of rotatable bonds is 4. The van der Waals surface area contributed by atoms with E-state index in [2.05, 4.69) is 57.0 Å². The van der Waals surface area contributed by atoms with Crippen LogP contribution in [0.25, 0.3) is 0 Å². The molecule has 6 atom stereocenters. The molecule has 0 amide bonds. The van der Waals surface area contributed by atoms with Crippen molar-refractivity contribution in [2.75, 3.05) is 7.05 Å². The molecule has 1 aromatic rings. The van der Waals surface area contributed by atoms with Crippen LogP contribution in [0.4, 0.5) is 0 Å². The van der Waals surface area contributed by atoms with Gasteiger partial charge in [-0.05, 0) is 63.1 Å². The molecule has 24 heavy (non-hydrogen) atoms. The van der Waals surface area contributed by atoms with Gasteiger partial charge in [-0.3, -0.25) is 4.90 Å². The number of piperidine rings is 2. The van der Waals surface area contributed by atoms with Gasteiger partial charge in [-0.15, -0.1) is 0 Å². The van der Waals surface area contributed by atoms with E-state index in [1.807, 2.05) is 0 Å². The number of fused-ring (bicyclic) bond motifs is 2. The van der Waals surface area contributed by atoms with Crippen molar-refractivity contribution in [2.24, 2.45) is 11.8 Å². The molecule has 1 aromatic carbocycles. The van der Waals surface area contributed by atoms with Crippen molar-refractivity contribution in [2.45, 2.75) is 82.4 Å². The van der Waals surface area contributed by atoms with Gasteiger partial charge in [0, 0.05) is 23.4 Å². The standard InChI is InChI=1S/C22H33NO/c1-5-11-21(3,24)17-13-18-19-12-15-9-7-8-10-16(15)22(18,6-2)14-20(17)23(19)4/h7-10,17-20,24H,5-6,11-14H2,1-4H3/t17?,18?,19?,20?,21?,22-/m1/s1. The fourth-order valence-corrected chi connectivity index (χ4v) is 6.77. The summed E-state index contributed by atoms with van der Waals surface area (Å²) in [6.07, 6.45) is 6.85. The van der Waals surface area contributed by atoms with Crippen LogP contribution in [-0.2, 0) is 11.8 Å². The summed E-state index contributed by atoms with van der Waals surface area (Å²) in [6.45, 7) is 6.68. The van der Waals surface area contributed by atoms with E-state index in [4.69, 9.17) is 0 Å². The van der Waals surface area contributed by atoms with Crippen molar-refractivity contribution in [3.8, 4) is 0 Å². The molecule has 2 heterocycles. The van der Waals surface area contributed by atoms with E-state index in [0.29, 0.717) is 29.3 Å². The van der Waals surface area contributed by atoms with E-state index >= 15 is 0 Å². The smallest absolute Gasteiger partial charge is 0.0662 e. The first-order valence-corrected chi connectivity index (χ1v) is 9.97. The third-order valence-corrected chi connectivity index (χ3v) is 7.93. The van der Waals surface area contributed by atoms with Gasteiger partial charge >= 0.3 is 0 Å². The lowest BCUT2D eigenvalue weighted by Crippen LogP contribution is -2.70. The zero-order valence-electron chi connectivity index (χ0n) is 15.8. The Morgan fingerprint density at radius 1 is 1.25 bits per heavy atom. The topological polar surface area (TPSA) is 23.5 Å². The number of hydrogen-bond donors (Lipinski definition) is 1. The van der Waals surface area contributed by atoms with Gasteiger partial charge in [0.15, 0.2) is 0 Å². The first-order valence-electron chi connectivity index (χ1n) is 9.97. The average Bonchev–Trinajstić information content (AvgIpc) is 2.58. The SMILES string of the molecule is CCCC(C)(O)C1CC2C3Cc4ccccc4[C@@]2(CC)CC1N3C. The highest BCUT2D eigenvalue weighted by Gasteiger charge is 2.62. The number of hydrogen-bond acceptors (Lipinski definition) is 2. The van der Waals surface area contributed by atoms with Crippen LogP contribution in [0.5, 0.6) is 0 Å². The van der Waals surface area contributed by atoms with Crippen molar-refractivity contribution in [3.63, 3.8) is 0 Å². The second kappa shape index (κ2) is 5.57. The van der Waals surface area contributed by atoms with Gasteiger partial charge in [0.1, 0.15) is 0 Å². The molecule has 1 saturated carbocycles. The Hall–Kier alpha value is -0.860. The van der Waals surface area contributed by atoms with Crippen molar-refractivity contribution in [1.29, 1.82) is 0 Å². The molecular formula is C22H33NO. The highest BCUT2D eigenvalue weighted by Crippen LogP contribution is 2.61. The molecule has 2 saturated heterocycles. The van der Waals surface area contributed by atoms with E-state index in [0.717, 1.165) is 12.8 Å². The summed E-state index contributed by atoms with van der Waals surface area (Å²) >= 11 is 0. The average molecular weight is 328 g/mol. The Bertz CT molecular complexity index is 624. The van der Waals surface area contributed by atoms with Crippen LogP contribution < -0.4 is 0 Å². The molecule has 0 radical (unpaired) electrons. The number of aliphatic hydroxyl groups is 1. The Morgan fingerprint density at radius 2 is 2.00 bits per heavy atom. The molecule has 4 bridgehead atoms. The Balaban J connectivity index is 1.77. The van der Waals surface area contributed by atoms with Crippen LogP contribution in [0.15, 0.2) is 24.3 Å². The van der Waals surface area contributed by atoms with E-state index in [-0.39, 0.29) is 0 Å². The minimum Gasteiger partial charge on any atom is -0.390 e. The second-order valence-corrected chi connectivity index (χ2v) is 8.93. The van der Waals surface area contributed by atoms with Crippen molar-refractivity contribution >= 4 is 0 Å². The normalized spacial score (nSPS) is 40.2. The number of likely N-dealkylation sites (N-methyl/N-ethyl adjacent to an activating group) is 1. The maximum atomic E-state index is 11.2. The van der Waals surface area contributed by atoms with Gasteiger partial charge in [-0.2, -0.15) is 0 Å². The van der Waals surface area contributed by atoms with Crippen LogP contribution in [0.3, 0.4) is 0 Å². The molecule has 2 heteroatoms. The molecular weight excluding hydrogens is 294 g/mol. The fourth-order valence-electron chi connectivity index (χ4n) is 6.77. The van der Waals surface area contributed by atoms with Gasteiger partial charge in [0.25, 0.3) is 0 Å². The zero-order chi connectivity index (χ0) is 17.1. The predicted molar refractivity (Wildman–Crippen MR) is 99.2 cm³/mol. The maximum Gasteiger partial charge on any atom is 0.0662 e. The molecule has 5 rings (SSSR count). The van der Waals surface area contributed by atoms with Gasteiger partial charge in [-0.25, -0.2) is 0 Å². The zero-order valence-corrected chi connectivity index (χ0v) is 15.8. The summed E-state index contributed by atoms with van der Waals surface area (Å²) in [6, 6.07) is 10.4. The Kier molecular flexibility index (Phi) is 3.85. The van der Waals surface area contributed by atoms with Crippen LogP contribution in [0.1, 0.15) is 64.0 Å². The van der Waals surface area contributed by atoms with Crippen molar-refractivity contribution in [3.05, 3.63) is 35.4 Å². The first-order chi connectivity index (χ1) is 11.4. The minimum absolute atomic E-state index is 0.343. The third-order valence-electron chi connectivity index (χ3n) is 7.93. The predicted octanol–water partition coefficient (Wildman–Crippen LogP) is 4.15. The highest BCUT2D eigenvalue weighted by molar-refractivity contribution is 5.42. The molecule has 1 N–H and O–H groups in total. The van der Waals surface area contributed by atoms with E-state index in [9.17, 15) is 5.11 Å². The lowest BCUT2D eigenvalue weighted by atomic mass is 9.47. The molecule has 2 aliphatic carbocycles. The van der Waals surface area contributed by atoms with E-state index in [1.165, 1.54) is 25.7 Å². The first kappa shape index (κ1) is 16.6. The lowest BCUT2D eigenvalue weighted by Gasteiger charge is -2.67.